The monoisotopic (exact) mass is 196 g/mol. The fraction of sp³-hybridized carbons (Fsp3) is 0.333. The average Bonchev–Trinajstić information content (AvgIpc) is 2.14. The van der Waals surface area contributed by atoms with Crippen LogP contribution in [-0.4, -0.2) is 23.6 Å². The van der Waals surface area contributed by atoms with Crippen LogP contribution in [0.15, 0.2) is 18.2 Å². The number of likely N-dealkylation sites (N-methyl/N-ethyl adjacent to an activating group) is 1. The molecule has 0 heterocycles. The molecule has 14 heavy (non-hydrogen) atoms. The topological polar surface area (TPSA) is 75.4 Å². The number of aromatic hydroxyl groups is 1. The summed E-state index contributed by atoms with van der Waals surface area (Å²) in [5.41, 5.74) is 0.599. The predicted octanol–water partition coefficient (Wildman–Crippen LogP) is 1.06. The average molecular weight is 196 g/mol. The summed E-state index contributed by atoms with van der Waals surface area (Å²) in [6, 6.07) is 4.07. The van der Waals surface area contributed by atoms with Crippen molar-refractivity contribution in [2.24, 2.45) is 0 Å². The fourth-order valence-corrected chi connectivity index (χ4v) is 1.21. The van der Waals surface area contributed by atoms with Crippen LogP contribution in [0.25, 0.3) is 0 Å². The molecule has 0 atom stereocenters. The first-order valence-corrected chi connectivity index (χ1v) is 4.26. The van der Waals surface area contributed by atoms with Crippen molar-refractivity contribution >= 4 is 5.69 Å². The molecule has 0 bridgehead atoms. The van der Waals surface area contributed by atoms with Gasteiger partial charge >= 0.3 is 0 Å². The van der Waals surface area contributed by atoms with Gasteiger partial charge in [-0.1, -0.05) is 0 Å². The Bertz CT molecular complexity index is 339. The number of nitrogens with one attached hydrogen (secondary N) is 1. The van der Waals surface area contributed by atoms with E-state index in [1.165, 1.54) is 18.2 Å². The summed E-state index contributed by atoms with van der Waals surface area (Å²) in [6.07, 6.45) is 0.529. The largest absolute Gasteiger partial charge is 0.508 e. The summed E-state index contributed by atoms with van der Waals surface area (Å²) in [4.78, 5) is 10.2. The van der Waals surface area contributed by atoms with E-state index in [0.29, 0.717) is 18.5 Å². The Morgan fingerprint density at radius 1 is 1.57 bits per heavy atom. The predicted molar refractivity (Wildman–Crippen MR) is 52.4 cm³/mol. The summed E-state index contributed by atoms with van der Waals surface area (Å²) >= 11 is 0. The Labute approximate surface area is 81.5 Å². The maximum absolute atomic E-state index is 10.6. The van der Waals surface area contributed by atoms with Crippen LogP contribution >= 0.6 is 0 Å². The number of hydrogen-bond donors (Lipinski definition) is 2. The third-order valence-corrected chi connectivity index (χ3v) is 1.90. The highest BCUT2D eigenvalue weighted by molar-refractivity contribution is 5.44. The first-order chi connectivity index (χ1) is 6.65. The van der Waals surface area contributed by atoms with E-state index in [0.717, 1.165) is 0 Å². The first kappa shape index (κ1) is 10.5. The molecule has 0 aromatic heterocycles. The number of benzene rings is 1. The van der Waals surface area contributed by atoms with Gasteiger partial charge in [0, 0.05) is 11.6 Å². The minimum atomic E-state index is -0.440. The third-order valence-electron chi connectivity index (χ3n) is 1.90. The van der Waals surface area contributed by atoms with Gasteiger partial charge < -0.3 is 10.4 Å². The smallest absolute Gasteiger partial charge is 0.272 e. The maximum atomic E-state index is 10.6. The van der Waals surface area contributed by atoms with Gasteiger partial charge in [0.15, 0.2) is 0 Å². The molecule has 0 saturated carbocycles. The zero-order valence-electron chi connectivity index (χ0n) is 7.86. The Balaban J connectivity index is 2.97. The molecule has 0 unspecified atom stereocenters. The van der Waals surface area contributed by atoms with E-state index >= 15 is 0 Å². The van der Waals surface area contributed by atoms with Crippen molar-refractivity contribution < 1.29 is 10.0 Å². The molecule has 5 nitrogen and oxygen atoms in total. The molecular weight excluding hydrogens is 184 g/mol. The van der Waals surface area contributed by atoms with E-state index in [1.807, 2.05) is 0 Å². The Morgan fingerprint density at radius 2 is 2.29 bits per heavy atom. The molecule has 0 radical (unpaired) electrons. The molecule has 0 amide bonds. The van der Waals surface area contributed by atoms with Gasteiger partial charge in [-0.25, -0.2) is 0 Å². The molecule has 76 valence electrons. The van der Waals surface area contributed by atoms with Crippen LogP contribution in [0.1, 0.15) is 5.56 Å². The number of nitro benzene ring substituents is 1. The number of nitro groups is 1. The van der Waals surface area contributed by atoms with Crippen LogP contribution in [0.4, 0.5) is 5.69 Å². The van der Waals surface area contributed by atoms with Gasteiger partial charge in [-0.05, 0) is 32.1 Å². The van der Waals surface area contributed by atoms with Gasteiger partial charge in [0.2, 0.25) is 0 Å². The van der Waals surface area contributed by atoms with Gasteiger partial charge in [-0.2, -0.15) is 0 Å². The van der Waals surface area contributed by atoms with Crippen molar-refractivity contribution in [3.8, 4) is 5.75 Å². The second-order valence-electron chi connectivity index (χ2n) is 2.92. The number of rotatable bonds is 4. The fourth-order valence-electron chi connectivity index (χ4n) is 1.21. The van der Waals surface area contributed by atoms with Crippen LogP contribution in [0, 0.1) is 10.1 Å². The SMILES string of the molecule is CNCCc1cc(O)ccc1[N+](=O)[O-]. The lowest BCUT2D eigenvalue weighted by molar-refractivity contribution is -0.385. The molecule has 1 aromatic carbocycles. The van der Waals surface area contributed by atoms with Crippen molar-refractivity contribution in [3.63, 3.8) is 0 Å². The molecule has 0 aliphatic carbocycles. The molecule has 0 saturated heterocycles. The van der Waals surface area contributed by atoms with Crippen LogP contribution in [-0.2, 0) is 6.42 Å². The lowest BCUT2D eigenvalue weighted by Gasteiger charge is -2.02. The molecular formula is C9H12N2O3. The van der Waals surface area contributed by atoms with E-state index in [-0.39, 0.29) is 11.4 Å². The van der Waals surface area contributed by atoms with Gasteiger partial charge in [-0.3, -0.25) is 10.1 Å². The molecule has 1 aromatic rings. The first-order valence-electron chi connectivity index (χ1n) is 4.26. The minimum absolute atomic E-state index is 0.0538. The van der Waals surface area contributed by atoms with Gasteiger partial charge in [0.05, 0.1) is 4.92 Å². The second kappa shape index (κ2) is 4.57. The van der Waals surface area contributed by atoms with Gasteiger partial charge in [-0.15, -0.1) is 0 Å². The summed E-state index contributed by atoms with van der Waals surface area (Å²) < 4.78 is 0. The highest BCUT2D eigenvalue weighted by atomic mass is 16.6. The molecule has 0 aliphatic rings. The molecule has 5 heteroatoms. The van der Waals surface area contributed by atoms with E-state index in [9.17, 15) is 15.2 Å². The van der Waals surface area contributed by atoms with Crippen molar-refractivity contribution in [3.05, 3.63) is 33.9 Å². The van der Waals surface area contributed by atoms with E-state index in [1.54, 1.807) is 7.05 Å². The van der Waals surface area contributed by atoms with Crippen molar-refractivity contribution in [2.45, 2.75) is 6.42 Å². The molecule has 0 spiro atoms. The highest BCUT2D eigenvalue weighted by Crippen LogP contribution is 2.23. The number of hydrogen-bond acceptors (Lipinski definition) is 4. The zero-order valence-corrected chi connectivity index (χ0v) is 7.86. The van der Waals surface area contributed by atoms with Crippen molar-refractivity contribution in [1.82, 2.24) is 5.32 Å². The van der Waals surface area contributed by atoms with E-state index < -0.39 is 4.92 Å². The molecule has 2 N–H and O–H groups in total. The highest BCUT2D eigenvalue weighted by Gasteiger charge is 2.12. The molecule has 0 aliphatic heterocycles. The summed E-state index contributed by atoms with van der Waals surface area (Å²) in [7, 11) is 1.77. The van der Waals surface area contributed by atoms with Crippen LogP contribution in [0.3, 0.4) is 0 Å². The number of phenols is 1. The quantitative estimate of drug-likeness (QED) is 0.557. The standard InChI is InChI=1S/C9H12N2O3/c1-10-5-4-7-6-8(12)2-3-9(7)11(13)14/h2-3,6,10,12H,4-5H2,1H3. The summed E-state index contributed by atoms with van der Waals surface area (Å²) in [5, 5.41) is 22.7. The van der Waals surface area contributed by atoms with Crippen LogP contribution in [0.2, 0.25) is 0 Å². The Hall–Kier alpha value is -1.62. The van der Waals surface area contributed by atoms with E-state index in [2.05, 4.69) is 5.32 Å². The summed E-state index contributed by atoms with van der Waals surface area (Å²) in [6.45, 7) is 0.643. The molecule has 1 rings (SSSR count). The van der Waals surface area contributed by atoms with Crippen molar-refractivity contribution in [2.75, 3.05) is 13.6 Å². The maximum Gasteiger partial charge on any atom is 0.272 e. The van der Waals surface area contributed by atoms with Gasteiger partial charge in [0.1, 0.15) is 5.75 Å². The van der Waals surface area contributed by atoms with E-state index in [4.69, 9.17) is 0 Å². The van der Waals surface area contributed by atoms with Gasteiger partial charge in [0.25, 0.3) is 5.69 Å². The zero-order chi connectivity index (χ0) is 10.6. The van der Waals surface area contributed by atoms with Crippen LogP contribution in [0.5, 0.6) is 5.75 Å². The lowest BCUT2D eigenvalue weighted by Crippen LogP contribution is -2.11. The Morgan fingerprint density at radius 3 is 2.86 bits per heavy atom. The number of phenolic OH excluding ortho intramolecular Hbond substituents is 1. The van der Waals surface area contributed by atoms with Crippen molar-refractivity contribution in [1.29, 1.82) is 0 Å². The minimum Gasteiger partial charge on any atom is -0.508 e. The normalized spacial score (nSPS) is 10.1. The van der Waals surface area contributed by atoms with Crippen LogP contribution < -0.4 is 5.32 Å². The lowest BCUT2D eigenvalue weighted by atomic mass is 10.1. The Kier molecular flexibility index (Phi) is 3.41. The third kappa shape index (κ3) is 2.43. The number of nitrogens with zero attached hydrogens (tertiary/aromatic N) is 1. The second-order valence-corrected chi connectivity index (χ2v) is 2.92. The molecule has 0 fully saturated rings. The summed E-state index contributed by atoms with van der Waals surface area (Å²) in [5.74, 6) is 0.0571.